The van der Waals surface area contributed by atoms with E-state index in [0.717, 1.165) is 11.5 Å². The fourth-order valence-corrected chi connectivity index (χ4v) is 2.99. The molecule has 0 amide bonds. The van der Waals surface area contributed by atoms with E-state index in [0.29, 0.717) is 18.5 Å². The summed E-state index contributed by atoms with van der Waals surface area (Å²) in [6.45, 7) is 0.663. The SMILES string of the molecule is NCC(Nc1ccn2nccc2n1)C1CCCCC1. The van der Waals surface area contributed by atoms with Gasteiger partial charge in [0.2, 0.25) is 0 Å². The minimum Gasteiger partial charge on any atom is -0.366 e. The molecule has 0 radical (unpaired) electrons. The second-order valence-corrected chi connectivity index (χ2v) is 5.33. The number of rotatable bonds is 4. The number of nitrogens with one attached hydrogen (secondary N) is 1. The van der Waals surface area contributed by atoms with Crippen molar-refractivity contribution in [2.45, 2.75) is 38.1 Å². The maximum absolute atomic E-state index is 5.94. The van der Waals surface area contributed by atoms with E-state index >= 15 is 0 Å². The monoisotopic (exact) mass is 259 g/mol. The zero-order valence-electron chi connectivity index (χ0n) is 11.1. The molecule has 1 unspecified atom stereocenters. The molecule has 0 bridgehead atoms. The highest BCUT2D eigenvalue weighted by Crippen LogP contribution is 2.27. The summed E-state index contributed by atoms with van der Waals surface area (Å²) in [4.78, 5) is 4.55. The van der Waals surface area contributed by atoms with Gasteiger partial charge in [0.15, 0.2) is 5.65 Å². The second-order valence-electron chi connectivity index (χ2n) is 5.33. The molecule has 3 N–H and O–H groups in total. The number of aromatic nitrogens is 3. The summed E-state index contributed by atoms with van der Waals surface area (Å²) in [6.07, 6.45) is 10.3. The highest BCUT2D eigenvalue weighted by Gasteiger charge is 2.22. The van der Waals surface area contributed by atoms with Crippen LogP contribution in [-0.2, 0) is 0 Å². The average Bonchev–Trinajstić information content (AvgIpc) is 2.93. The van der Waals surface area contributed by atoms with Crippen molar-refractivity contribution >= 4 is 11.5 Å². The number of anilines is 1. The average molecular weight is 259 g/mol. The lowest BCUT2D eigenvalue weighted by atomic mass is 9.84. The van der Waals surface area contributed by atoms with Gasteiger partial charge < -0.3 is 11.1 Å². The topological polar surface area (TPSA) is 68.2 Å². The van der Waals surface area contributed by atoms with Crippen LogP contribution >= 0.6 is 0 Å². The fourth-order valence-electron chi connectivity index (χ4n) is 2.99. The van der Waals surface area contributed by atoms with Crippen LogP contribution in [0.15, 0.2) is 24.5 Å². The van der Waals surface area contributed by atoms with Crippen molar-refractivity contribution in [2.24, 2.45) is 11.7 Å². The van der Waals surface area contributed by atoms with Gasteiger partial charge in [-0.05, 0) is 24.8 Å². The second kappa shape index (κ2) is 5.57. The summed E-state index contributed by atoms with van der Waals surface area (Å²) >= 11 is 0. The van der Waals surface area contributed by atoms with Crippen molar-refractivity contribution in [1.29, 1.82) is 0 Å². The fraction of sp³-hybridized carbons (Fsp3) is 0.571. The lowest BCUT2D eigenvalue weighted by Crippen LogP contribution is -2.37. The Morgan fingerprint density at radius 3 is 2.95 bits per heavy atom. The number of hydrogen-bond donors (Lipinski definition) is 2. The molecule has 5 nitrogen and oxygen atoms in total. The van der Waals surface area contributed by atoms with Crippen LogP contribution in [0.3, 0.4) is 0 Å². The third-order valence-electron chi connectivity index (χ3n) is 4.06. The molecule has 2 aromatic rings. The summed E-state index contributed by atoms with van der Waals surface area (Å²) in [5.74, 6) is 1.58. The Morgan fingerprint density at radius 2 is 2.16 bits per heavy atom. The van der Waals surface area contributed by atoms with Crippen LogP contribution < -0.4 is 11.1 Å². The molecule has 1 saturated carbocycles. The number of fused-ring (bicyclic) bond motifs is 1. The first-order chi connectivity index (χ1) is 9.36. The molecule has 102 valence electrons. The molecule has 5 heteroatoms. The zero-order valence-corrected chi connectivity index (χ0v) is 11.1. The van der Waals surface area contributed by atoms with E-state index in [1.54, 1.807) is 10.7 Å². The van der Waals surface area contributed by atoms with Gasteiger partial charge in [-0.3, -0.25) is 0 Å². The van der Waals surface area contributed by atoms with Crippen molar-refractivity contribution in [3.05, 3.63) is 24.5 Å². The molecule has 3 rings (SSSR count). The van der Waals surface area contributed by atoms with Crippen molar-refractivity contribution < 1.29 is 0 Å². The molecule has 19 heavy (non-hydrogen) atoms. The molecule has 1 fully saturated rings. The first-order valence-electron chi connectivity index (χ1n) is 7.14. The Balaban J connectivity index is 1.73. The van der Waals surface area contributed by atoms with Gasteiger partial charge in [-0.2, -0.15) is 5.10 Å². The lowest BCUT2D eigenvalue weighted by Gasteiger charge is -2.30. The van der Waals surface area contributed by atoms with Crippen LogP contribution in [-0.4, -0.2) is 27.2 Å². The molecule has 0 aliphatic heterocycles. The molecule has 1 atom stereocenters. The highest BCUT2D eigenvalue weighted by atomic mass is 15.2. The third-order valence-corrected chi connectivity index (χ3v) is 4.06. The molecule has 0 spiro atoms. The van der Waals surface area contributed by atoms with Gasteiger partial charge in [0.05, 0.1) is 6.20 Å². The summed E-state index contributed by atoms with van der Waals surface area (Å²) in [7, 11) is 0. The van der Waals surface area contributed by atoms with Crippen molar-refractivity contribution in [1.82, 2.24) is 14.6 Å². The molecule has 0 saturated heterocycles. The van der Waals surface area contributed by atoms with Crippen LogP contribution in [0.25, 0.3) is 5.65 Å². The van der Waals surface area contributed by atoms with E-state index in [4.69, 9.17) is 5.73 Å². The highest BCUT2D eigenvalue weighted by molar-refractivity contribution is 5.46. The first-order valence-corrected chi connectivity index (χ1v) is 7.14. The van der Waals surface area contributed by atoms with Gasteiger partial charge in [0, 0.05) is 24.8 Å². The Morgan fingerprint density at radius 1 is 1.32 bits per heavy atom. The van der Waals surface area contributed by atoms with E-state index in [-0.39, 0.29) is 0 Å². The number of nitrogens with zero attached hydrogens (tertiary/aromatic N) is 3. The van der Waals surface area contributed by atoms with Gasteiger partial charge in [-0.1, -0.05) is 19.3 Å². The Bertz CT molecular complexity index is 529. The van der Waals surface area contributed by atoms with Crippen molar-refractivity contribution in [3.8, 4) is 0 Å². The Labute approximate surface area is 113 Å². The molecule has 2 aromatic heterocycles. The lowest BCUT2D eigenvalue weighted by molar-refractivity contribution is 0.320. The van der Waals surface area contributed by atoms with Crippen LogP contribution in [0.4, 0.5) is 5.82 Å². The van der Waals surface area contributed by atoms with E-state index in [1.165, 1.54) is 32.1 Å². The van der Waals surface area contributed by atoms with Gasteiger partial charge in [-0.15, -0.1) is 0 Å². The van der Waals surface area contributed by atoms with Gasteiger partial charge in [0.25, 0.3) is 0 Å². The summed E-state index contributed by atoms with van der Waals surface area (Å²) in [5, 5.41) is 7.65. The summed E-state index contributed by atoms with van der Waals surface area (Å²) in [5.41, 5.74) is 6.80. The third kappa shape index (κ3) is 2.71. The molecule has 2 heterocycles. The molecule has 1 aliphatic carbocycles. The normalized spacial score (nSPS) is 18.6. The van der Waals surface area contributed by atoms with Crippen LogP contribution in [0.5, 0.6) is 0 Å². The van der Waals surface area contributed by atoms with Gasteiger partial charge in [0.1, 0.15) is 5.82 Å². The predicted molar refractivity (Wildman–Crippen MR) is 76.0 cm³/mol. The van der Waals surface area contributed by atoms with Crippen LogP contribution in [0.2, 0.25) is 0 Å². The van der Waals surface area contributed by atoms with E-state index in [9.17, 15) is 0 Å². The maximum Gasteiger partial charge on any atom is 0.157 e. The standard InChI is InChI=1S/C14H21N5/c15-10-12(11-4-2-1-3-5-11)17-13-7-9-19-14(18-13)6-8-16-19/h6-9,11-12H,1-5,10,15H2,(H,17,18). The molecular formula is C14H21N5. The molecular weight excluding hydrogens is 238 g/mol. The predicted octanol–water partition coefficient (Wildman–Crippen LogP) is 2.05. The van der Waals surface area contributed by atoms with Crippen LogP contribution in [0, 0.1) is 5.92 Å². The van der Waals surface area contributed by atoms with Crippen LogP contribution in [0.1, 0.15) is 32.1 Å². The maximum atomic E-state index is 5.94. The van der Waals surface area contributed by atoms with E-state index < -0.39 is 0 Å². The molecule has 1 aliphatic rings. The Hall–Kier alpha value is -1.62. The van der Waals surface area contributed by atoms with E-state index in [1.807, 2.05) is 18.3 Å². The number of hydrogen-bond acceptors (Lipinski definition) is 4. The summed E-state index contributed by atoms with van der Waals surface area (Å²) < 4.78 is 1.77. The largest absolute Gasteiger partial charge is 0.366 e. The number of nitrogens with two attached hydrogens (primary N) is 1. The first kappa shape index (κ1) is 12.4. The van der Waals surface area contributed by atoms with Crippen molar-refractivity contribution in [3.63, 3.8) is 0 Å². The van der Waals surface area contributed by atoms with E-state index in [2.05, 4.69) is 15.4 Å². The Kier molecular flexibility index (Phi) is 3.64. The minimum absolute atomic E-state index is 0.332. The minimum atomic E-state index is 0.332. The van der Waals surface area contributed by atoms with Gasteiger partial charge in [-0.25, -0.2) is 9.50 Å². The molecule has 0 aromatic carbocycles. The van der Waals surface area contributed by atoms with Crippen molar-refractivity contribution in [2.75, 3.05) is 11.9 Å². The van der Waals surface area contributed by atoms with Gasteiger partial charge >= 0.3 is 0 Å². The quantitative estimate of drug-likeness (QED) is 0.881. The zero-order chi connectivity index (χ0) is 13.1. The smallest absolute Gasteiger partial charge is 0.157 e. The summed E-state index contributed by atoms with van der Waals surface area (Å²) in [6, 6.07) is 4.20.